The van der Waals surface area contributed by atoms with Crippen LogP contribution in [0, 0.1) is 11.8 Å². The molecule has 0 spiro atoms. The molecule has 0 saturated carbocycles. The maximum Gasteiger partial charge on any atom is 1.00 e. The summed E-state index contributed by atoms with van der Waals surface area (Å²) >= 11 is 0. The van der Waals surface area contributed by atoms with E-state index < -0.39 is 26.8 Å². The number of halogens is 3. The van der Waals surface area contributed by atoms with Gasteiger partial charge in [0.15, 0.2) is 0 Å². The molecular formula is C9H4F3NaO3S. The molecule has 0 bridgehead atoms. The van der Waals surface area contributed by atoms with E-state index in [-0.39, 0.29) is 29.6 Å². The van der Waals surface area contributed by atoms with Gasteiger partial charge >= 0.3 is 35.7 Å². The quantitative estimate of drug-likeness (QED) is 0.355. The van der Waals surface area contributed by atoms with Gasteiger partial charge in [0.25, 0.3) is 0 Å². The summed E-state index contributed by atoms with van der Waals surface area (Å²) in [6, 6.07) is 4.45. The van der Waals surface area contributed by atoms with Crippen molar-refractivity contribution in [2.24, 2.45) is 0 Å². The Morgan fingerprint density at radius 1 is 1.18 bits per heavy atom. The first-order valence-electron chi connectivity index (χ1n) is 3.85. The third-order valence-corrected chi connectivity index (χ3v) is 2.39. The minimum Gasteiger partial charge on any atom is -0.744 e. The van der Waals surface area contributed by atoms with Crippen molar-refractivity contribution >= 4 is 10.1 Å². The molecule has 3 nitrogen and oxygen atoms in total. The second-order valence-corrected chi connectivity index (χ2v) is 4.05. The summed E-state index contributed by atoms with van der Waals surface area (Å²) in [6.45, 7) is 0. The predicted octanol–water partition coefficient (Wildman–Crippen LogP) is -1.49. The fraction of sp³-hybridized carbons (Fsp3) is 0.111. The summed E-state index contributed by atoms with van der Waals surface area (Å²) in [5.74, 6) is 2.50. The minimum atomic E-state index is -4.82. The average molecular weight is 272 g/mol. The van der Waals surface area contributed by atoms with Gasteiger partial charge in [0.2, 0.25) is 0 Å². The zero-order chi connectivity index (χ0) is 12.4. The zero-order valence-corrected chi connectivity index (χ0v) is 11.4. The van der Waals surface area contributed by atoms with Gasteiger partial charge in [-0.2, -0.15) is 13.2 Å². The fourth-order valence-electron chi connectivity index (χ4n) is 0.926. The SMILES string of the molecule is O=S(=O)([O-])c1ccccc1C#CC(F)(F)F.[Na+]. The third-order valence-electron chi connectivity index (χ3n) is 1.50. The van der Waals surface area contributed by atoms with Crippen molar-refractivity contribution in [1.29, 1.82) is 0 Å². The van der Waals surface area contributed by atoms with Gasteiger partial charge in [-0.25, -0.2) is 8.42 Å². The van der Waals surface area contributed by atoms with E-state index in [1.165, 1.54) is 12.1 Å². The molecule has 0 radical (unpaired) electrons. The van der Waals surface area contributed by atoms with Crippen molar-refractivity contribution in [3.05, 3.63) is 29.8 Å². The molecule has 0 saturated heterocycles. The van der Waals surface area contributed by atoms with E-state index in [0.717, 1.165) is 18.1 Å². The smallest absolute Gasteiger partial charge is 0.744 e. The van der Waals surface area contributed by atoms with E-state index in [9.17, 15) is 26.1 Å². The Morgan fingerprint density at radius 2 is 1.71 bits per heavy atom. The molecule has 0 atom stereocenters. The van der Waals surface area contributed by atoms with Gasteiger partial charge < -0.3 is 4.55 Å². The molecule has 17 heavy (non-hydrogen) atoms. The average Bonchev–Trinajstić information content (AvgIpc) is 2.12. The van der Waals surface area contributed by atoms with Crippen LogP contribution in [0.15, 0.2) is 29.2 Å². The topological polar surface area (TPSA) is 57.2 Å². The first kappa shape index (κ1) is 16.5. The number of hydrogen-bond donors (Lipinski definition) is 0. The van der Waals surface area contributed by atoms with Crippen molar-refractivity contribution in [3.63, 3.8) is 0 Å². The van der Waals surface area contributed by atoms with Crippen LogP contribution in [0.5, 0.6) is 0 Å². The van der Waals surface area contributed by atoms with Gasteiger partial charge in [-0.05, 0) is 12.1 Å². The molecule has 0 amide bonds. The molecule has 0 unspecified atom stereocenters. The van der Waals surface area contributed by atoms with E-state index in [0.29, 0.717) is 0 Å². The largest absolute Gasteiger partial charge is 1.00 e. The number of rotatable bonds is 1. The van der Waals surface area contributed by atoms with E-state index in [4.69, 9.17) is 0 Å². The van der Waals surface area contributed by atoms with Crippen LogP contribution >= 0.6 is 0 Å². The number of alkyl halides is 3. The van der Waals surface area contributed by atoms with Crippen LogP contribution in [0.1, 0.15) is 5.56 Å². The predicted molar refractivity (Wildman–Crippen MR) is 47.3 cm³/mol. The van der Waals surface area contributed by atoms with Crippen molar-refractivity contribution in [1.82, 2.24) is 0 Å². The van der Waals surface area contributed by atoms with Crippen molar-refractivity contribution < 1.29 is 55.7 Å². The molecule has 1 rings (SSSR count). The van der Waals surface area contributed by atoms with Crippen molar-refractivity contribution in [3.8, 4) is 11.8 Å². The van der Waals surface area contributed by atoms with Crippen molar-refractivity contribution in [2.45, 2.75) is 11.1 Å². The Morgan fingerprint density at radius 3 is 2.18 bits per heavy atom. The molecule has 1 aromatic rings. The summed E-state index contributed by atoms with van der Waals surface area (Å²) in [5, 5.41) is 0. The van der Waals surface area contributed by atoms with Gasteiger partial charge in [0.05, 0.1) is 4.90 Å². The molecule has 0 heterocycles. The van der Waals surface area contributed by atoms with Gasteiger partial charge in [-0.15, -0.1) is 0 Å². The number of benzene rings is 1. The third kappa shape index (κ3) is 5.57. The molecular weight excluding hydrogens is 268 g/mol. The Hall–Kier alpha value is -0.520. The summed E-state index contributed by atoms with van der Waals surface area (Å²) in [5.41, 5.74) is -0.463. The maximum atomic E-state index is 11.8. The van der Waals surface area contributed by atoms with Crippen LogP contribution in [0.25, 0.3) is 0 Å². The second kappa shape index (κ2) is 5.89. The summed E-state index contributed by atoms with van der Waals surface area (Å²) in [4.78, 5) is -0.758. The fourth-order valence-corrected chi connectivity index (χ4v) is 1.56. The molecule has 0 N–H and O–H groups in total. The molecule has 0 fully saturated rings. The van der Waals surface area contributed by atoms with Crippen LogP contribution in [0.2, 0.25) is 0 Å². The van der Waals surface area contributed by atoms with Gasteiger partial charge in [-0.1, -0.05) is 18.1 Å². The summed E-state index contributed by atoms with van der Waals surface area (Å²) in [7, 11) is -4.82. The first-order chi connectivity index (χ1) is 7.20. The monoisotopic (exact) mass is 272 g/mol. The standard InChI is InChI=1S/C9H5F3O3S.Na/c10-9(11,12)6-5-7-3-1-2-4-8(7)16(13,14)15;/h1-4H,(H,13,14,15);/q;+1/p-1. The van der Waals surface area contributed by atoms with Crippen LogP contribution in [0.3, 0.4) is 0 Å². The van der Waals surface area contributed by atoms with E-state index in [2.05, 4.69) is 0 Å². The molecule has 8 heteroatoms. The first-order valence-corrected chi connectivity index (χ1v) is 5.26. The second-order valence-electron chi connectivity index (χ2n) is 2.70. The van der Waals surface area contributed by atoms with Gasteiger partial charge in [0.1, 0.15) is 10.1 Å². The molecule has 0 aliphatic heterocycles. The molecule has 0 aliphatic carbocycles. The van der Waals surface area contributed by atoms with Gasteiger partial charge in [-0.3, -0.25) is 0 Å². The summed E-state index contributed by atoms with van der Waals surface area (Å²) in [6.07, 6.45) is -4.74. The Bertz CT molecular complexity index is 555. The zero-order valence-electron chi connectivity index (χ0n) is 8.58. The Labute approximate surface area is 118 Å². The van der Waals surface area contributed by atoms with Crippen LogP contribution in [0.4, 0.5) is 13.2 Å². The molecule has 0 aliphatic rings. The molecule has 0 aromatic heterocycles. The van der Waals surface area contributed by atoms with Gasteiger partial charge in [0, 0.05) is 11.5 Å². The van der Waals surface area contributed by atoms with E-state index >= 15 is 0 Å². The Kier molecular flexibility index (Phi) is 5.71. The van der Waals surface area contributed by atoms with Crippen LogP contribution in [-0.2, 0) is 10.1 Å². The maximum absolute atomic E-state index is 11.8. The Balaban J connectivity index is 0.00000256. The minimum absolute atomic E-state index is 0. The van der Waals surface area contributed by atoms with Crippen LogP contribution < -0.4 is 29.6 Å². The van der Waals surface area contributed by atoms with Crippen LogP contribution in [-0.4, -0.2) is 19.1 Å². The summed E-state index contributed by atoms with van der Waals surface area (Å²) < 4.78 is 67.3. The normalized spacial score (nSPS) is 11.1. The van der Waals surface area contributed by atoms with E-state index in [1.807, 2.05) is 0 Å². The van der Waals surface area contributed by atoms with Crippen molar-refractivity contribution in [2.75, 3.05) is 0 Å². The molecule has 86 valence electrons. The molecule has 1 aromatic carbocycles. The number of hydrogen-bond acceptors (Lipinski definition) is 3. The van der Waals surface area contributed by atoms with E-state index in [1.54, 1.807) is 5.92 Å².